The van der Waals surface area contributed by atoms with Crippen LogP contribution in [0.15, 0.2) is 24.3 Å². The van der Waals surface area contributed by atoms with Crippen molar-refractivity contribution in [2.24, 2.45) is 17.6 Å². The first kappa shape index (κ1) is 15.3. The van der Waals surface area contributed by atoms with Crippen molar-refractivity contribution in [3.05, 3.63) is 29.8 Å². The van der Waals surface area contributed by atoms with E-state index in [0.29, 0.717) is 18.3 Å². The first-order valence-electron chi connectivity index (χ1n) is 8.36. The van der Waals surface area contributed by atoms with Gasteiger partial charge in [-0.3, -0.25) is 4.79 Å². The molecule has 3 rings (SSSR count). The van der Waals surface area contributed by atoms with Crippen LogP contribution < -0.4 is 10.5 Å². The van der Waals surface area contributed by atoms with Gasteiger partial charge in [0.05, 0.1) is 0 Å². The molecular weight excluding hydrogens is 276 g/mol. The van der Waals surface area contributed by atoms with Gasteiger partial charge in [-0.1, -0.05) is 19.1 Å². The zero-order chi connectivity index (χ0) is 15.7. The fourth-order valence-corrected chi connectivity index (χ4v) is 3.85. The van der Waals surface area contributed by atoms with Crippen LogP contribution in [-0.4, -0.2) is 36.0 Å². The molecule has 1 aliphatic carbocycles. The molecule has 120 valence electrons. The number of aryl methyl sites for hydroxylation is 1. The second-order valence-corrected chi connectivity index (χ2v) is 6.74. The molecule has 1 saturated heterocycles. The maximum Gasteiger partial charge on any atom is 0.263 e. The third-order valence-corrected chi connectivity index (χ3v) is 5.14. The van der Waals surface area contributed by atoms with Gasteiger partial charge in [-0.25, -0.2) is 0 Å². The number of carbonyl (C=O) groups is 1. The SMILES string of the molecule is CCC(Oc1cccc(C)c1)C(=O)N1CC2CCC(N)C2C1. The Morgan fingerprint density at radius 3 is 2.91 bits per heavy atom. The van der Waals surface area contributed by atoms with E-state index in [4.69, 9.17) is 10.5 Å². The lowest BCUT2D eigenvalue weighted by atomic mass is 9.98. The first-order chi connectivity index (χ1) is 10.6. The van der Waals surface area contributed by atoms with Gasteiger partial charge in [0.15, 0.2) is 6.10 Å². The summed E-state index contributed by atoms with van der Waals surface area (Å²) in [5.74, 6) is 1.97. The average Bonchev–Trinajstić information content (AvgIpc) is 3.07. The minimum Gasteiger partial charge on any atom is -0.481 e. The summed E-state index contributed by atoms with van der Waals surface area (Å²) in [5, 5.41) is 0. The fraction of sp³-hybridized carbons (Fsp3) is 0.611. The lowest BCUT2D eigenvalue weighted by molar-refractivity contribution is -0.138. The van der Waals surface area contributed by atoms with Gasteiger partial charge >= 0.3 is 0 Å². The number of nitrogens with zero attached hydrogens (tertiary/aromatic N) is 1. The summed E-state index contributed by atoms with van der Waals surface area (Å²) in [6.45, 7) is 5.68. The molecule has 0 spiro atoms. The van der Waals surface area contributed by atoms with Gasteiger partial charge in [0, 0.05) is 19.1 Å². The Morgan fingerprint density at radius 2 is 2.23 bits per heavy atom. The molecule has 2 fully saturated rings. The van der Waals surface area contributed by atoms with Gasteiger partial charge in [0.2, 0.25) is 0 Å². The van der Waals surface area contributed by atoms with Crippen molar-refractivity contribution in [3.8, 4) is 5.75 Å². The molecule has 1 aromatic carbocycles. The Morgan fingerprint density at radius 1 is 1.41 bits per heavy atom. The van der Waals surface area contributed by atoms with E-state index in [1.54, 1.807) is 0 Å². The van der Waals surface area contributed by atoms with Crippen molar-refractivity contribution in [3.63, 3.8) is 0 Å². The molecule has 0 radical (unpaired) electrons. The summed E-state index contributed by atoms with van der Waals surface area (Å²) in [6.07, 6.45) is 2.56. The molecule has 1 aliphatic heterocycles. The molecule has 0 aromatic heterocycles. The van der Waals surface area contributed by atoms with Gasteiger partial charge in [-0.05, 0) is 55.7 Å². The summed E-state index contributed by atoms with van der Waals surface area (Å²) in [6, 6.07) is 8.14. The Balaban J connectivity index is 1.65. The molecule has 4 heteroatoms. The van der Waals surface area contributed by atoms with Gasteiger partial charge in [0.1, 0.15) is 5.75 Å². The molecule has 4 atom stereocenters. The van der Waals surface area contributed by atoms with E-state index in [1.165, 1.54) is 0 Å². The Hall–Kier alpha value is -1.55. The fourth-order valence-electron chi connectivity index (χ4n) is 3.85. The van der Waals surface area contributed by atoms with E-state index in [0.717, 1.165) is 37.2 Å². The van der Waals surface area contributed by atoms with Crippen molar-refractivity contribution in [1.29, 1.82) is 0 Å². The molecule has 2 N–H and O–H groups in total. The number of benzene rings is 1. The monoisotopic (exact) mass is 302 g/mol. The number of likely N-dealkylation sites (tertiary alicyclic amines) is 1. The maximum atomic E-state index is 12.8. The predicted molar refractivity (Wildman–Crippen MR) is 86.7 cm³/mol. The first-order valence-corrected chi connectivity index (χ1v) is 8.36. The standard InChI is InChI=1S/C18H26N2O2/c1-3-17(22-14-6-4-5-12(2)9-14)18(21)20-10-13-7-8-16(19)15(13)11-20/h4-6,9,13,15-17H,3,7-8,10-11,19H2,1-2H3. The third-order valence-electron chi connectivity index (χ3n) is 5.14. The van der Waals surface area contributed by atoms with E-state index in [1.807, 2.05) is 43.0 Å². The summed E-state index contributed by atoms with van der Waals surface area (Å²) in [5.41, 5.74) is 7.30. The van der Waals surface area contributed by atoms with Crippen LogP contribution in [0.2, 0.25) is 0 Å². The molecular formula is C18H26N2O2. The van der Waals surface area contributed by atoms with E-state index < -0.39 is 6.10 Å². The number of nitrogens with two attached hydrogens (primary N) is 1. The van der Waals surface area contributed by atoms with Crippen LogP contribution in [-0.2, 0) is 4.79 Å². The number of ether oxygens (including phenoxy) is 1. The summed E-state index contributed by atoms with van der Waals surface area (Å²) < 4.78 is 5.95. The van der Waals surface area contributed by atoms with Crippen LogP contribution in [0.3, 0.4) is 0 Å². The van der Waals surface area contributed by atoms with Gasteiger partial charge in [-0.15, -0.1) is 0 Å². The number of fused-ring (bicyclic) bond motifs is 1. The second-order valence-electron chi connectivity index (χ2n) is 6.74. The van der Waals surface area contributed by atoms with Gasteiger partial charge in [0.25, 0.3) is 5.91 Å². The van der Waals surface area contributed by atoms with Crippen LogP contribution >= 0.6 is 0 Å². The Bertz CT molecular complexity index is 546. The minimum absolute atomic E-state index is 0.116. The third kappa shape index (κ3) is 2.98. The molecule has 0 bridgehead atoms. The van der Waals surface area contributed by atoms with E-state index >= 15 is 0 Å². The number of rotatable bonds is 4. The highest BCUT2D eigenvalue weighted by Crippen LogP contribution is 2.37. The Labute approximate surface area is 132 Å². The van der Waals surface area contributed by atoms with Crippen LogP contribution in [0.1, 0.15) is 31.7 Å². The molecule has 1 amide bonds. The lowest BCUT2D eigenvalue weighted by Crippen LogP contribution is -2.41. The minimum atomic E-state index is -0.392. The highest BCUT2D eigenvalue weighted by molar-refractivity contribution is 5.81. The van der Waals surface area contributed by atoms with E-state index in [9.17, 15) is 4.79 Å². The summed E-state index contributed by atoms with van der Waals surface area (Å²) in [7, 11) is 0. The molecule has 1 aromatic rings. The van der Waals surface area contributed by atoms with E-state index in [-0.39, 0.29) is 11.9 Å². The molecule has 4 unspecified atom stereocenters. The zero-order valence-electron chi connectivity index (χ0n) is 13.5. The van der Waals surface area contributed by atoms with Gasteiger partial charge < -0.3 is 15.4 Å². The van der Waals surface area contributed by atoms with Crippen LogP contribution in [0.25, 0.3) is 0 Å². The number of hydrogen-bond acceptors (Lipinski definition) is 3. The van der Waals surface area contributed by atoms with Crippen LogP contribution in [0.5, 0.6) is 5.75 Å². The van der Waals surface area contributed by atoms with Crippen molar-refractivity contribution >= 4 is 5.91 Å². The van der Waals surface area contributed by atoms with Crippen molar-refractivity contribution in [1.82, 2.24) is 4.90 Å². The highest BCUT2D eigenvalue weighted by atomic mass is 16.5. The van der Waals surface area contributed by atoms with Crippen molar-refractivity contribution < 1.29 is 9.53 Å². The number of amides is 1. The average molecular weight is 302 g/mol. The van der Waals surface area contributed by atoms with Gasteiger partial charge in [-0.2, -0.15) is 0 Å². The smallest absolute Gasteiger partial charge is 0.263 e. The number of hydrogen-bond donors (Lipinski definition) is 1. The van der Waals surface area contributed by atoms with Crippen LogP contribution in [0.4, 0.5) is 0 Å². The molecule has 4 nitrogen and oxygen atoms in total. The summed E-state index contributed by atoms with van der Waals surface area (Å²) >= 11 is 0. The normalized spacial score (nSPS) is 28.5. The van der Waals surface area contributed by atoms with E-state index in [2.05, 4.69) is 0 Å². The Kier molecular flexibility index (Phi) is 4.39. The lowest BCUT2D eigenvalue weighted by Gasteiger charge is -2.24. The summed E-state index contributed by atoms with van der Waals surface area (Å²) in [4.78, 5) is 14.7. The highest BCUT2D eigenvalue weighted by Gasteiger charge is 2.43. The van der Waals surface area contributed by atoms with Crippen molar-refractivity contribution in [2.75, 3.05) is 13.1 Å². The largest absolute Gasteiger partial charge is 0.481 e. The number of carbonyl (C=O) groups excluding carboxylic acids is 1. The molecule has 1 saturated carbocycles. The molecule has 1 heterocycles. The zero-order valence-corrected chi connectivity index (χ0v) is 13.5. The topological polar surface area (TPSA) is 55.6 Å². The maximum absolute atomic E-state index is 12.8. The molecule has 22 heavy (non-hydrogen) atoms. The quantitative estimate of drug-likeness (QED) is 0.929. The van der Waals surface area contributed by atoms with Crippen molar-refractivity contribution in [2.45, 2.75) is 45.3 Å². The second kappa shape index (κ2) is 6.29. The molecule has 2 aliphatic rings. The predicted octanol–water partition coefficient (Wildman–Crippen LogP) is 2.35. The van der Waals surface area contributed by atoms with Crippen LogP contribution in [0, 0.1) is 18.8 Å².